The molecule has 0 aliphatic heterocycles. The highest BCUT2D eigenvalue weighted by molar-refractivity contribution is 6.31. The Labute approximate surface area is 174 Å². The van der Waals surface area contributed by atoms with Crippen LogP contribution in [0.25, 0.3) is 0 Å². The first-order valence-corrected chi connectivity index (χ1v) is 10.8. The Bertz CT molecular complexity index is 1060. The predicted octanol–water partition coefficient (Wildman–Crippen LogP) is 3.60. The van der Waals surface area contributed by atoms with E-state index in [9.17, 15) is 14.4 Å². The first kappa shape index (κ1) is 20.0. The second-order valence-corrected chi connectivity index (χ2v) is 8.56. The monoisotopic (exact) mass is 415 g/mol. The van der Waals surface area contributed by atoms with E-state index in [2.05, 4.69) is 5.32 Å². The predicted molar refractivity (Wildman–Crippen MR) is 114 cm³/mol. The number of aromatic nitrogens is 2. The minimum atomic E-state index is -0.347. The molecule has 1 fully saturated rings. The maximum atomic E-state index is 13.3. The van der Waals surface area contributed by atoms with Crippen LogP contribution in [0, 0.1) is 6.92 Å². The quantitative estimate of drug-likeness (QED) is 0.829. The van der Waals surface area contributed by atoms with Crippen molar-refractivity contribution in [2.24, 2.45) is 0 Å². The Hall–Kier alpha value is -2.34. The fourth-order valence-electron chi connectivity index (χ4n) is 4.62. The summed E-state index contributed by atoms with van der Waals surface area (Å²) in [6.07, 6.45) is 7.08. The summed E-state index contributed by atoms with van der Waals surface area (Å²) in [4.78, 5) is 39.1. The molecule has 1 N–H and O–H groups in total. The van der Waals surface area contributed by atoms with Crippen molar-refractivity contribution >= 4 is 23.2 Å². The Morgan fingerprint density at radius 3 is 2.66 bits per heavy atom. The van der Waals surface area contributed by atoms with Gasteiger partial charge in [0.05, 0.1) is 0 Å². The third kappa shape index (κ3) is 3.90. The summed E-state index contributed by atoms with van der Waals surface area (Å²) in [6, 6.07) is 5.25. The second-order valence-electron chi connectivity index (χ2n) is 8.12. The van der Waals surface area contributed by atoms with Crippen LogP contribution in [0.5, 0.6) is 0 Å². The van der Waals surface area contributed by atoms with Gasteiger partial charge < -0.3 is 5.32 Å². The summed E-state index contributed by atoms with van der Waals surface area (Å²) in [5.74, 6) is -0.291. The van der Waals surface area contributed by atoms with Gasteiger partial charge in [0.25, 0.3) is 5.56 Å². The number of benzene rings is 1. The number of halogens is 1. The van der Waals surface area contributed by atoms with Crippen LogP contribution in [0.3, 0.4) is 0 Å². The lowest BCUT2D eigenvalue weighted by Gasteiger charge is -2.25. The van der Waals surface area contributed by atoms with E-state index in [0.29, 0.717) is 29.1 Å². The number of carbonyl (C=O) groups excluding carboxylic acids is 1. The largest absolute Gasteiger partial charge is 0.331 e. The average molecular weight is 416 g/mol. The van der Waals surface area contributed by atoms with Crippen molar-refractivity contribution in [3.05, 3.63) is 60.9 Å². The Balaban J connectivity index is 1.69. The van der Waals surface area contributed by atoms with Gasteiger partial charge in [-0.25, -0.2) is 4.79 Å². The second kappa shape index (κ2) is 8.19. The van der Waals surface area contributed by atoms with Crippen LogP contribution in [0.1, 0.15) is 61.4 Å². The van der Waals surface area contributed by atoms with Crippen LogP contribution in [-0.4, -0.2) is 15.0 Å². The molecule has 2 aliphatic carbocycles. The molecule has 1 saturated carbocycles. The van der Waals surface area contributed by atoms with Gasteiger partial charge in [-0.05, 0) is 56.7 Å². The molecular weight excluding hydrogens is 390 g/mol. The molecule has 0 unspecified atom stereocenters. The van der Waals surface area contributed by atoms with Crippen molar-refractivity contribution in [2.45, 2.75) is 70.9 Å². The molecule has 2 aliphatic rings. The highest BCUT2D eigenvalue weighted by Gasteiger charge is 2.28. The van der Waals surface area contributed by atoms with E-state index in [0.717, 1.165) is 49.8 Å². The van der Waals surface area contributed by atoms with Crippen molar-refractivity contribution in [1.82, 2.24) is 9.13 Å². The van der Waals surface area contributed by atoms with Gasteiger partial charge in [-0.15, -0.1) is 0 Å². The smallest absolute Gasteiger partial charge is 0.324 e. The van der Waals surface area contributed by atoms with E-state index < -0.39 is 0 Å². The zero-order valence-corrected chi connectivity index (χ0v) is 17.4. The summed E-state index contributed by atoms with van der Waals surface area (Å²) >= 11 is 6.04. The van der Waals surface area contributed by atoms with Crippen molar-refractivity contribution < 1.29 is 4.79 Å². The lowest BCUT2D eigenvalue weighted by atomic mass is 9.95. The molecule has 7 heteroatoms. The van der Waals surface area contributed by atoms with Crippen LogP contribution in [0.4, 0.5) is 5.69 Å². The summed E-state index contributed by atoms with van der Waals surface area (Å²) < 4.78 is 2.95. The molecule has 1 amide bonds. The zero-order chi connectivity index (χ0) is 20.5. The van der Waals surface area contributed by atoms with Gasteiger partial charge in [0, 0.05) is 28.0 Å². The molecule has 154 valence electrons. The molecule has 0 saturated heterocycles. The average Bonchev–Trinajstić information content (AvgIpc) is 3.19. The Morgan fingerprint density at radius 1 is 1.14 bits per heavy atom. The third-order valence-corrected chi connectivity index (χ3v) is 6.38. The zero-order valence-electron chi connectivity index (χ0n) is 16.7. The van der Waals surface area contributed by atoms with Gasteiger partial charge in [0.15, 0.2) is 0 Å². The molecule has 29 heavy (non-hydrogen) atoms. The van der Waals surface area contributed by atoms with Crippen molar-refractivity contribution in [2.75, 3.05) is 5.32 Å². The fourth-order valence-corrected chi connectivity index (χ4v) is 4.79. The molecular formula is C22H26ClN3O3. The van der Waals surface area contributed by atoms with Crippen molar-refractivity contribution in [3.63, 3.8) is 0 Å². The van der Waals surface area contributed by atoms with E-state index in [4.69, 9.17) is 11.6 Å². The van der Waals surface area contributed by atoms with Gasteiger partial charge in [0.2, 0.25) is 5.91 Å². The highest BCUT2D eigenvalue weighted by Crippen LogP contribution is 2.27. The van der Waals surface area contributed by atoms with Gasteiger partial charge in [-0.3, -0.25) is 18.7 Å². The lowest BCUT2D eigenvalue weighted by Crippen LogP contribution is -2.46. The lowest BCUT2D eigenvalue weighted by molar-refractivity contribution is -0.116. The minimum Gasteiger partial charge on any atom is -0.324 e. The number of carbonyl (C=O) groups is 1. The molecule has 0 spiro atoms. The molecule has 0 atom stereocenters. The van der Waals surface area contributed by atoms with Crippen molar-refractivity contribution in [3.8, 4) is 0 Å². The van der Waals surface area contributed by atoms with E-state index in [1.807, 2.05) is 13.0 Å². The first-order chi connectivity index (χ1) is 14.0. The molecule has 1 heterocycles. The van der Waals surface area contributed by atoms with Gasteiger partial charge in [-0.1, -0.05) is 36.9 Å². The number of amides is 1. The number of hydrogen-bond acceptors (Lipinski definition) is 3. The summed E-state index contributed by atoms with van der Waals surface area (Å²) in [7, 11) is 0. The molecule has 6 nitrogen and oxygen atoms in total. The molecule has 0 bridgehead atoms. The third-order valence-electron chi connectivity index (χ3n) is 6.14. The van der Waals surface area contributed by atoms with Crippen LogP contribution in [0.15, 0.2) is 27.8 Å². The van der Waals surface area contributed by atoms with Crippen LogP contribution in [-0.2, 0) is 24.2 Å². The highest BCUT2D eigenvalue weighted by atomic mass is 35.5. The number of nitrogens with one attached hydrogen (secondary N) is 1. The summed E-state index contributed by atoms with van der Waals surface area (Å²) in [6.45, 7) is 1.79. The summed E-state index contributed by atoms with van der Waals surface area (Å²) in [5, 5.41) is 3.40. The van der Waals surface area contributed by atoms with Crippen LogP contribution < -0.4 is 16.6 Å². The number of hydrogen-bond donors (Lipinski definition) is 1. The number of rotatable bonds is 4. The Morgan fingerprint density at radius 2 is 1.90 bits per heavy atom. The van der Waals surface area contributed by atoms with E-state index >= 15 is 0 Å². The van der Waals surface area contributed by atoms with Crippen LogP contribution in [0.2, 0.25) is 5.02 Å². The maximum Gasteiger partial charge on any atom is 0.331 e. The number of fused-ring (bicyclic) bond motifs is 1. The van der Waals surface area contributed by atoms with Crippen molar-refractivity contribution in [1.29, 1.82) is 0 Å². The van der Waals surface area contributed by atoms with E-state index in [-0.39, 0.29) is 29.7 Å². The molecule has 0 radical (unpaired) electrons. The SMILES string of the molecule is Cc1ccc(Cl)cc1NC(=O)Cn1c2c(c(=O)n(C3CCCCC3)c1=O)CCC2. The van der Waals surface area contributed by atoms with Gasteiger partial charge in [0.1, 0.15) is 6.54 Å². The molecule has 1 aromatic heterocycles. The molecule has 2 aromatic rings. The number of anilines is 1. The minimum absolute atomic E-state index is 0.0564. The topological polar surface area (TPSA) is 73.1 Å². The van der Waals surface area contributed by atoms with E-state index in [1.165, 1.54) is 9.13 Å². The number of aryl methyl sites for hydroxylation is 1. The summed E-state index contributed by atoms with van der Waals surface area (Å²) in [5.41, 5.74) is 2.48. The number of nitrogens with zero attached hydrogens (tertiary/aromatic N) is 2. The standard InChI is InChI=1S/C22H26ClN3O3/c1-14-10-11-15(23)12-18(14)24-20(27)13-25-19-9-5-8-17(19)21(28)26(22(25)29)16-6-3-2-4-7-16/h10-12,16H,2-9,13H2,1H3,(H,24,27). The Kier molecular flexibility index (Phi) is 5.63. The van der Waals surface area contributed by atoms with E-state index in [1.54, 1.807) is 12.1 Å². The molecule has 4 rings (SSSR count). The normalized spacial score (nSPS) is 16.6. The van der Waals surface area contributed by atoms with Crippen LogP contribution >= 0.6 is 11.6 Å². The fraction of sp³-hybridized carbons (Fsp3) is 0.500. The van der Waals surface area contributed by atoms with Gasteiger partial charge in [-0.2, -0.15) is 0 Å². The molecule has 1 aromatic carbocycles. The maximum absolute atomic E-state index is 13.3. The first-order valence-electron chi connectivity index (χ1n) is 10.4. The van der Waals surface area contributed by atoms with Gasteiger partial charge >= 0.3 is 5.69 Å².